The van der Waals surface area contributed by atoms with Crippen LogP contribution >= 0.6 is 18.6 Å². The van der Waals surface area contributed by atoms with Crippen LogP contribution in [0.2, 0.25) is 13.1 Å². The topological polar surface area (TPSA) is 0 Å². The minimum absolute atomic E-state index is 0.556. The summed E-state index contributed by atoms with van der Waals surface area (Å²) in [6.45, 7) is 8.60. The van der Waals surface area contributed by atoms with E-state index in [0.29, 0.717) is 0 Å². The Bertz CT molecular complexity index is 1400. The summed E-state index contributed by atoms with van der Waals surface area (Å²) in [5.74, 6) is 0. The molecule has 0 amide bonds. The molecule has 0 aliphatic carbocycles. The van der Waals surface area contributed by atoms with Gasteiger partial charge < -0.3 is 0 Å². The van der Waals surface area contributed by atoms with Gasteiger partial charge in [-0.1, -0.05) is 111 Å². The summed E-state index contributed by atoms with van der Waals surface area (Å²) in [5, 5.41) is 5.37. The van der Waals surface area contributed by atoms with E-state index in [0.717, 1.165) is 9.52 Å². The Morgan fingerprint density at radius 1 is 0.553 bits per heavy atom. The van der Waals surface area contributed by atoms with Crippen LogP contribution in [-0.4, -0.2) is 9.52 Å². The Balaban J connectivity index is 0.000000175. The monoisotopic (exact) mass is 586 g/mol. The number of benzene rings is 4. The molecular formula is C34H32Cl2SiTi-2. The molecule has 0 fully saturated rings. The molecule has 0 saturated carbocycles. The maximum atomic E-state index is 4.89. The second-order valence-electron chi connectivity index (χ2n) is 8.99. The van der Waals surface area contributed by atoms with Crippen molar-refractivity contribution in [1.82, 2.24) is 0 Å². The molecule has 0 aliphatic rings. The van der Waals surface area contributed by atoms with E-state index in [1.54, 1.807) is 0 Å². The van der Waals surface area contributed by atoms with E-state index >= 15 is 0 Å². The van der Waals surface area contributed by atoms with Crippen LogP contribution in [0.5, 0.6) is 0 Å². The fraction of sp³-hybridized carbons (Fsp3) is 0.118. The standard InChI is InChI=1S/2C16H13.C2H6Si.2ClH.Ti/c2*1-12-10-14-8-5-9-15(16(14)11-12)13-6-3-2-4-7-13;1-3-2;;;/h2*2-11H,1H3;1-2H3;2*1H;/q2*-1;;;;+2/p-2. The van der Waals surface area contributed by atoms with Gasteiger partial charge >= 0.3 is 35.6 Å². The predicted molar refractivity (Wildman–Crippen MR) is 169 cm³/mol. The minimum atomic E-state index is -0.556. The van der Waals surface area contributed by atoms with Crippen molar-refractivity contribution in [3.05, 3.63) is 132 Å². The van der Waals surface area contributed by atoms with Gasteiger partial charge in [-0.05, 0) is 11.1 Å². The molecule has 2 radical (unpaired) electrons. The zero-order valence-corrected chi connectivity index (χ0v) is 26.4. The van der Waals surface area contributed by atoms with Crippen molar-refractivity contribution in [3.63, 3.8) is 0 Å². The van der Waals surface area contributed by atoms with Gasteiger partial charge in [0.1, 0.15) is 0 Å². The fourth-order valence-corrected chi connectivity index (χ4v) is 4.51. The molecule has 0 saturated heterocycles. The SMILES string of the molecule is C[Si]C.Cc1cc2c(-c3ccccc3)cccc2[cH-]1.Cc1cc2c(-c3ccccc3)cccc2[cH-]1.[Cl][Ti][Cl]. The van der Waals surface area contributed by atoms with Crippen molar-refractivity contribution in [2.75, 3.05) is 0 Å². The van der Waals surface area contributed by atoms with Gasteiger partial charge in [-0.15, -0.1) is 69.1 Å². The molecule has 6 aromatic rings. The van der Waals surface area contributed by atoms with Crippen LogP contribution in [0.1, 0.15) is 11.1 Å². The maximum absolute atomic E-state index is 4.89. The van der Waals surface area contributed by atoms with Crippen molar-refractivity contribution in [2.24, 2.45) is 0 Å². The Hall–Kier alpha value is -2.39. The first kappa shape index (κ1) is 30.2. The van der Waals surface area contributed by atoms with E-state index in [9.17, 15) is 0 Å². The van der Waals surface area contributed by atoms with Gasteiger partial charge in [0.25, 0.3) is 0 Å². The molecule has 38 heavy (non-hydrogen) atoms. The number of halogens is 2. The molecule has 0 nitrogen and oxygen atoms in total. The van der Waals surface area contributed by atoms with E-state index < -0.39 is 17.0 Å². The number of fused-ring (bicyclic) bond motifs is 2. The molecule has 0 N–H and O–H groups in total. The van der Waals surface area contributed by atoms with Crippen LogP contribution in [-0.2, 0) is 17.0 Å². The third-order valence-electron chi connectivity index (χ3n) is 5.96. The van der Waals surface area contributed by atoms with Crippen molar-refractivity contribution in [3.8, 4) is 22.3 Å². The van der Waals surface area contributed by atoms with Gasteiger partial charge in [0.2, 0.25) is 0 Å². The number of aryl methyl sites for hydroxylation is 2. The Labute approximate surface area is 246 Å². The summed E-state index contributed by atoms with van der Waals surface area (Å²) < 4.78 is 0. The average Bonchev–Trinajstić information content (AvgIpc) is 3.51. The molecular weight excluding hydrogens is 555 g/mol. The van der Waals surface area contributed by atoms with Crippen LogP contribution in [0.15, 0.2) is 121 Å². The van der Waals surface area contributed by atoms with Gasteiger partial charge in [-0.25, -0.2) is 0 Å². The van der Waals surface area contributed by atoms with Gasteiger partial charge in [0.15, 0.2) is 0 Å². The molecule has 4 heteroatoms. The van der Waals surface area contributed by atoms with Gasteiger partial charge in [0.05, 0.1) is 0 Å². The zero-order valence-electron chi connectivity index (χ0n) is 22.3. The Morgan fingerprint density at radius 2 is 0.895 bits per heavy atom. The number of rotatable bonds is 2. The average molecular weight is 587 g/mol. The second-order valence-corrected chi connectivity index (χ2v) is 12.6. The van der Waals surface area contributed by atoms with Crippen molar-refractivity contribution < 1.29 is 17.0 Å². The van der Waals surface area contributed by atoms with Crippen LogP contribution in [0.25, 0.3) is 43.8 Å². The second kappa shape index (κ2) is 15.9. The normalized spacial score (nSPS) is 9.95. The van der Waals surface area contributed by atoms with Crippen molar-refractivity contribution in [2.45, 2.75) is 26.9 Å². The van der Waals surface area contributed by atoms with Gasteiger partial charge in [-0.2, -0.15) is 12.1 Å². The molecule has 0 heterocycles. The number of hydrogen-bond acceptors (Lipinski definition) is 0. The molecule has 6 aromatic carbocycles. The Kier molecular flexibility index (Phi) is 12.6. The van der Waals surface area contributed by atoms with Gasteiger partial charge in [0, 0.05) is 9.52 Å². The first-order valence-corrected chi connectivity index (χ1v) is 18.8. The number of hydrogen-bond donors (Lipinski definition) is 0. The molecule has 0 atom stereocenters. The van der Waals surface area contributed by atoms with Crippen molar-refractivity contribution >= 4 is 49.7 Å². The predicted octanol–water partition coefficient (Wildman–Crippen LogP) is 11.2. The molecule has 0 bridgehead atoms. The van der Waals surface area contributed by atoms with E-state index in [1.807, 2.05) is 0 Å². The van der Waals surface area contributed by atoms with Crippen molar-refractivity contribution in [1.29, 1.82) is 0 Å². The quantitative estimate of drug-likeness (QED) is 0.140. The van der Waals surface area contributed by atoms with E-state index in [4.69, 9.17) is 18.6 Å². The first-order chi connectivity index (χ1) is 18.5. The van der Waals surface area contributed by atoms with E-state index in [2.05, 4.69) is 148 Å². The van der Waals surface area contributed by atoms with Crippen LogP contribution in [0.3, 0.4) is 0 Å². The van der Waals surface area contributed by atoms with E-state index in [-0.39, 0.29) is 0 Å². The molecule has 6 rings (SSSR count). The molecule has 0 aliphatic heterocycles. The third kappa shape index (κ3) is 8.30. The summed E-state index contributed by atoms with van der Waals surface area (Å²) in [6, 6.07) is 43.1. The molecule has 0 spiro atoms. The summed E-state index contributed by atoms with van der Waals surface area (Å²) in [7, 11) is 10.9. The molecule has 0 unspecified atom stereocenters. The van der Waals surface area contributed by atoms with Crippen LogP contribution < -0.4 is 0 Å². The molecule has 0 aromatic heterocycles. The zero-order chi connectivity index (χ0) is 27.3. The van der Waals surface area contributed by atoms with Crippen LogP contribution in [0.4, 0.5) is 0 Å². The third-order valence-corrected chi connectivity index (χ3v) is 5.96. The summed E-state index contributed by atoms with van der Waals surface area (Å²) >= 11 is -0.556. The van der Waals surface area contributed by atoms with Crippen LogP contribution in [0, 0.1) is 13.8 Å². The van der Waals surface area contributed by atoms with E-state index in [1.165, 1.54) is 54.9 Å². The molecule has 192 valence electrons. The summed E-state index contributed by atoms with van der Waals surface area (Å²) in [4.78, 5) is 0. The summed E-state index contributed by atoms with van der Waals surface area (Å²) in [6.07, 6.45) is 0. The first-order valence-electron chi connectivity index (χ1n) is 12.5. The fourth-order valence-electron chi connectivity index (χ4n) is 4.51. The summed E-state index contributed by atoms with van der Waals surface area (Å²) in [5.41, 5.74) is 7.89. The Morgan fingerprint density at radius 3 is 1.24 bits per heavy atom. The van der Waals surface area contributed by atoms with Gasteiger partial charge in [-0.3, -0.25) is 0 Å².